The van der Waals surface area contributed by atoms with Crippen molar-refractivity contribution in [3.63, 3.8) is 0 Å². The van der Waals surface area contributed by atoms with Crippen LogP contribution in [0, 0.1) is 13.8 Å². The third-order valence-corrected chi connectivity index (χ3v) is 4.41. The second kappa shape index (κ2) is 6.73. The summed E-state index contributed by atoms with van der Waals surface area (Å²) in [4.78, 5) is 13.6. The Morgan fingerprint density at radius 1 is 1.29 bits per heavy atom. The van der Waals surface area contributed by atoms with Crippen LogP contribution < -0.4 is 14.4 Å². The molecule has 0 radical (unpaired) electrons. The summed E-state index contributed by atoms with van der Waals surface area (Å²) in [7, 11) is 2.05. The predicted octanol–water partition coefficient (Wildman–Crippen LogP) is 3.96. The maximum Gasteiger partial charge on any atom is 0.252 e. The highest BCUT2D eigenvalue weighted by Gasteiger charge is 2.24. The number of likely N-dealkylation sites (N-methyl/N-ethyl adjacent to an activating group) is 1. The van der Waals surface area contributed by atoms with Crippen molar-refractivity contribution in [1.82, 2.24) is 0 Å². The summed E-state index contributed by atoms with van der Waals surface area (Å²) < 4.78 is 12.0. The molecule has 0 fully saturated rings. The number of benzene rings is 2. The minimum Gasteiger partial charge on any atom is -0.489 e. The molecule has 3 rings (SSSR count). The zero-order valence-corrected chi connectivity index (χ0v) is 14.8. The molecule has 5 heteroatoms. The van der Waals surface area contributed by atoms with Crippen molar-refractivity contribution in [2.75, 3.05) is 25.1 Å². The Morgan fingerprint density at radius 3 is 2.79 bits per heavy atom. The number of ether oxygens (including phenoxy) is 2. The van der Waals surface area contributed by atoms with Gasteiger partial charge in [-0.2, -0.15) is 0 Å². The van der Waals surface area contributed by atoms with Gasteiger partial charge in [0, 0.05) is 12.6 Å². The van der Waals surface area contributed by atoms with Crippen molar-refractivity contribution < 1.29 is 14.3 Å². The van der Waals surface area contributed by atoms with Crippen LogP contribution in [0.2, 0.25) is 0 Å². The summed E-state index contributed by atoms with van der Waals surface area (Å²) in [5, 5.41) is -0.448. The topological polar surface area (TPSA) is 38.8 Å². The fourth-order valence-electron chi connectivity index (χ4n) is 2.92. The van der Waals surface area contributed by atoms with Crippen molar-refractivity contribution >= 4 is 22.5 Å². The van der Waals surface area contributed by atoms with Gasteiger partial charge in [0.1, 0.15) is 24.2 Å². The van der Waals surface area contributed by atoms with E-state index in [0.717, 1.165) is 34.9 Å². The average molecular weight is 346 g/mol. The van der Waals surface area contributed by atoms with Crippen LogP contribution in [0.4, 0.5) is 5.69 Å². The van der Waals surface area contributed by atoms with Crippen molar-refractivity contribution in [2.24, 2.45) is 0 Å². The van der Waals surface area contributed by atoms with Gasteiger partial charge >= 0.3 is 0 Å². The molecule has 2 aromatic rings. The summed E-state index contributed by atoms with van der Waals surface area (Å²) >= 11 is 5.59. The first-order valence-electron chi connectivity index (χ1n) is 7.86. The van der Waals surface area contributed by atoms with Crippen LogP contribution in [0.15, 0.2) is 36.4 Å². The van der Waals surface area contributed by atoms with Gasteiger partial charge in [0.15, 0.2) is 0 Å². The van der Waals surface area contributed by atoms with E-state index < -0.39 is 5.24 Å². The number of anilines is 1. The van der Waals surface area contributed by atoms with E-state index in [2.05, 4.69) is 4.90 Å². The first-order chi connectivity index (χ1) is 11.5. The Bertz CT molecular complexity index is 775. The van der Waals surface area contributed by atoms with Crippen LogP contribution in [0.1, 0.15) is 21.5 Å². The van der Waals surface area contributed by atoms with E-state index in [1.165, 1.54) is 0 Å². The summed E-state index contributed by atoms with van der Waals surface area (Å²) in [5.74, 6) is 1.62. The third-order valence-electron chi connectivity index (χ3n) is 4.21. The third kappa shape index (κ3) is 3.34. The largest absolute Gasteiger partial charge is 0.489 e. The highest BCUT2D eigenvalue weighted by Crippen LogP contribution is 2.32. The van der Waals surface area contributed by atoms with E-state index in [1.807, 2.05) is 51.2 Å². The second-order valence-electron chi connectivity index (χ2n) is 6.11. The molecule has 0 N–H and O–H groups in total. The zero-order valence-electron chi connectivity index (χ0n) is 14.0. The molecule has 1 heterocycles. The fourth-order valence-corrected chi connectivity index (χ4v) is 3.12. The quantitative estimate of drug-likeness (QED) is 0.786. The number of aryl methyl sites for hydroxylation is 2. The molecular weight excluding hydrogens is 326 g/mol. The standard InChI is InChI=1S/C19H20ClNO3/c1-12-9-18(13(2)8-15(12)19(20)22)23-11-14-10-21(3)16-6-4-5-7-17(16)24-14/h4-9,14H,10-11H2,1-3H3/t14-/m0/s1. The minimum atomic E-state index is -0.448. The number of fused-ring (bicyclic) bond motifs is 1. The molecule has 2 aromatic carbocycles. The molecule has 1 aliphatic rings. The van der Waals surface area contributed by atoms with E-state index in [0.29, 0.717) is 12.2 Å². The lowest BCUT2D eigenvalue weighted by Crippen LogP contribution is -2.41. The van der Waals surface area contributed by atoms with Gasteiger partial charge < -0.3 is 14.4 Å². The molecule has 0 aliphatic carbocycles. The van der Waals surface area contributed by atoms with Gasteiger partial charge in [-0.25, -0.2) is 0 Å². The number of hydrogen-bond acceptors (Lipinski definition) is 4. The number of carbonyl (C=O) groups is 1. The first kappa shape index (κ1) is 16.7. The van der Waals surface area contributed by atoms with Gasteiger partial charge in [0.25, 0.3) is 5.24 Å². The summed E-state index contributed by atoms with van der Waals surface area (Å²) in [6, 6.07) is 11.6. The number of halogens is 1. The molecule has 0 saturated carbocycles. The molecule has 0 spiro atoms. The lowest BCUT2D eigenvalue weighted by atomic mass is 10.1. The monoisotopic (exact) mass is 345 g/mol. The van der Waals surface area contributed by atoms with Crippen molar-refractivity contribution in [2.45, 2.75) is 20.0 Å². The molecule has 24 heavy (non-hydrogen) atoms. The summed E-state index contributed by atoms with van der Waals surface area (Å²) in [5.41, 5.74) is 3.30. The zero-order chi connectivity index (χ0) is 17.3. The van der Waals surface area contributed by atoms with Crippen molar-refractivity contribution in [3.05, 3.63) is 53.1 Å². The number of rotatable bonds is 4. The Morgan fingerprint density at radius 2 is 2.04 bits per heavy atom. The van der Waals surface area contributed by atoms with Gasteiger partial charge in [-0.15, -0.1) is 0 Å². The van der Waals surface area contributed by atoms with Gasteiger partial charge in [-0.1, -0.05) is 12.1 Å². The first-order valence-corrected chi connectivity index (χ1v) is 8.24. The SMILES string of the molecule is Cc1cc(C(=O)Cl)c(C)cc1OC[C@@H]1CN(C)c2ccccc2O1. The maximum atomic E-state index is 11.4. The van der Waals surface area contributed by atoms with Crippen LogP contribution in [-0.2, 0) is 0 Å². The van der Waals surface area contributed by atoms with Crippen LogP contribution in [0.25, 0.3) is 0 Å². The molecule has 126 valence electrons. The lowest BCUT2D eigenvalue weighted by molar-refractivity contribution is 0.108. The number of hydrogen-bond donors (Lipinski definition) is 0. The second-order valence-corrected chi connectivity index (χ2v) is 6.45. The highest BCUT2D eigenvalue weighted by atomic mass is 35.5. The van der Waals surface area contributed by atoms with E-state index in [9.17, 15) is 4.79 Å². The average Bonchev–Trinajstić information content (AvgIpc) is 2.55. The Kier molecular flexibility index (Phi) is 4.67. The molecule has 4 nitrogen and oxygen atoms in total. The van der Waals surface area contributed by atoms with Crippen molar-refractivity contribution in [1.29, 1.82) is 0 Å². The smallest absolute Gasteiger partial charge is 0.252 e. The minimum absolute atomic E-state index is 0.0565. The van der Waals surface area contributed by atoms with Crippen LogP contribution in [-0.4, -0.2) is 31.5 Å². The van der Waals surface area contributed by atoms with E-state index in [1.54, 1.807) is 6.07 Å². The molecule has 0 aromatic heterocycles. The molecule has 1 aliphatic heterocycles. The summed E-state index contributed by atoms with van der Waals surface area (Å²) in [6.07, 6.45) is -0.0565. The van der Waals surface area contributed by atoms with Gasteiger partial charge in [-0.3, -0.25) is 4.79 Å². The molecular formula is C19H20ClNO3. The fraction of sp³-hybridized carbons (Fsp3) is 0.316. The number of carbonyl (C=O) groups excluding carboxylic acids is 1. The Hall–Kier alpha value is -2.20. The van der Waals surface area contributed by atoms with Gasteiger partial charge in [0.05, 0.1) is 12.2 Å². The summed E-state index contributed by atoms with van der Waals surface area (Å²) in [6.45, 7) is 4.95. The molecule has 0 bridgehead atoms. The van der Waals surface area contributed by atoms with E-state index >= 15 is 0 Å². The Balaban J connectivity index is 1.71. The molecule has 0 amide bonds. The normalized spacial score (nSPS) is 16.3. The van der Waals surface area contributed by atoms with Crippen LogP contribution in [0.5, 0.6) is 11.5 Å². The highest BCUT2D eigenvalue weighted by molar-refractivity contribution is 6.67. The lowest BCUT2D eigenvalue weighted by Gasteiger charge is -2.33. The van der Waals surface area contributed by atoms with E-state index in [4.69, 9.17) is 21.1 Å². The van der Waals surface area contributed by atoms with Crippen LogP contribution in [0.3, 0.4) is 0 Å². The number of para-hydroxylation sites is 2. The molecule has 1 atom stereocenters. The van der Waals surface area contributed by atoms with Gasteiger partial charge in [-0.05, 0) is 60.8 Å². The van der Waals surface area contributed by atoms with Crippen LogP contribution >= 0.6 is 11.6 Å². The van der Waals surface area contributed by atoms with E-state index in [-0.39, 0.29) is 6.10 Å². The van der Waals surface area contributed by atoms with Gasteiger partial charge in [0.2, 0.25) is 0 Å². The van der Waals surface area contributed by atoms with Crippen molar-refractivity contribution in [3.8, 4) is 11.5 Å². The molecule has 0 unspecified atom stereocenters. The Labute approximate surface area is 146 Å². The predicted molar refractivity (Wildman–Crippen MR) is 95.7 cm³/mol. The molecule has 0 saturated heterocycles. The number of nitrogens with zero attached hydrogens (tertiary/aromatic N) is 1. The maximum absolute atomic E-state index is 11.4.